The number of aryl methyl sites for hydroxylation is 2. The van der Waals surface area contributed by atoms with Crippen molar-refractivity contribution in [2.75, 3.05) is 33.2 Å². The summed E-state index contributed by atoms with van der Waals surface area (Å²) in [4.78, 5) is 29.5. The van der Waals surface area contributed by atoms with E-state index in [-0.39, 0.29) is 23.8 Å². The van der Waals surface area contributed by atoms with Gasteiger partial charge < -0.3 is 15.1 Å². The molecule has 1 aromatic carbocycles. The smallest absolute Gasteiger partial charge is 0.253 e. The Bertz CT molecular complexity index is 632. The number of hydrogen-bond acceptors (Lipinski definition) is 3. The molecule has 2 aliphatic rings. The van der Waals surface area contributed by atoms with E-state index in [1.807, 2.05) is 42.8 Å². The summed E-state index contributed by atoms with van der Waals surface area (Å²) in [5.41, 5.74) is 2.93. The third kappa shape index (κ3) is 4.03. The molecule has 2 heterocycles. The molecule has 1 N–H and O–H groups in total. The Hall–Kier alpha value is -1.88. The highest BCUT2D eigenvalue weighted by molar-refractivity contribution is 5.95. The highest BCUT2D eigenvalue weighted by Gasteiger charge is 2.33. The third-order valence-corrected chi connectivity index (χ3v) is 5.46. The molecular formula is C20H29N3O2. The predicted octanol–water partition coefficient (Wildman–Crippen LogP) is 1.98. The molecule has 0 aromatic heterocycles. The van der Waals surface area contributed by atoms with Gasteiger partial charge in [0.1, 0.15) is 0 Å². The topological polar surface area (TPSA) is 52.7 Å². The molecule has 3 rings (SSSR count). The van der Waals surface area contributed by atoms with Gasteiger partial charge >= 0.3 is 0 Å². The Morgan fingerprint density at radius 3 is 2.52 bits per heavy atom. The zero-order valence-corrected chi connectivity index (χ0v) is 15.5. The number of amides is 2. The van der Waals surface area contributed by atoms with Gasteiger partial charge in [-0.25, -0.2) is 0 Å². The molecule has 5 heteroatoms. The lowest BCUT2D eigenvalue weighted by Crippen LogP contribution is -2.48. The average molecular weight is 343 g/mol. The van der Waals surface area contributed by atoms with Crippen molar-refractivity contribution in [3.8, 4) is 0 Å². The summed E-state index contributed by atoms with van der Waals surface area (Å²) in [5.74, 6) is 0.162. The van der Waals surface area contributed by atoms with Gasteiger partial charge in [0.2, 0.25) is 5.91 Å². The molecule has 5 nitrogen and oxygen atoms in total. The lowest BCUT2D eigenvalue weighted by molar-refractivity contribution is -0.137. The molecule has 0 bridgehead atoms. The maximum absolute atomic E-state index is 12.9. The zero-order valence-electron chi connectivity index (χ0n) is 15.5. The molecule has 0 aliphatic carbocycles. The first-order chi connectivity index (χ1) is 12.0. The van der Waals surface area contributed by atoms with Crippen molar-refractivity contribution in [3.63, 3.8) is 0 Å². The van der Waals surface area contributed by atoms with Gasteiger partial charge in [-0.2, -0.15) is 0 Å². The Balaban J connectivity index is 1.67. The fourth-order valence-corrected chi connectivity index (χ4v) is 4.08. The van der Waals surface area contributed by atoms with Crippen molar-refractivity contribution in [3.05, 3.63) is 34.9 Å². The minimum Gasteiger partial charge on any atom is -0.341 e. The van der Waals surface area contributed by atoms with Crippen molar-refractivity contribution in [1.29, 1.82) is 0 Å². The molecule has 2 amide bonds. The van der Waals surface area contributed by atoms with Crippen LogP contribution < -0.4 is 5.32 Å². The van der Waals surface area contributed by atoms with Crippen molar-refractivity contribution >= 4 is 11.8 Å². The Morgan fingerprint density at radius 1 is 1.16 bits per heavy atom. The van der Waals surface area contributed by atoms with Crippen molar-refractivity contribution in [2.24, 2.45) is 5.92 Å². The van der Waals surface area contributed by atoms with Crippen molar-refractivity contribution in [2.45, 2.75) is 39.2 Å². The van der Waals surface area contributed by atoms with E-state index >= 15 is 0 Å². The number of carbonyl (C=O) groups excluding carboxylic acids is 2. The molecule has 0 radical (unpaired) electrons. The first kappa shape index (κ1) is 17.9. The van der Waals surface area contributed by atoms with Crippen LogP contribution in [0.2, 0.25) is 0 Å². The van der Waals surface area contributed by atoms with Crippen LogP contribution in [0.1, 0.15) is 40.7 Å². The van der Waals surface area contributed by atoms with Crippen LogP contribution in [0.25, 0.3) is 0 Å². The maximum Gasteiger partial charge on any atom is 0.253 e. The molecule has 1 aromatic rings. The van der Waals surface area contributed by atoms with Gasteiger partial charge in [0.05, 0.1) is 5.92 Å². The van der Waals surface area contributed by atoms with E-state index in [4.69, 9.17) is 0 Å². The van der Waals surface area contributed by atoms with Crippen LogP contribution in [-0.2, 0) is 4.79 Å². The van der Waals surface area contributed by atoms with Crippen LogP contribution in [0, 0.1) is 19.8 Å². The molecule has 136 valence electrons. The first-order valence-corrected chi connectivity index (χ1v) is 9.30. The van der Waals surface area contributed by atoms with E-state index in [0.717, 1.165) is 55.6 Å². The molecule has 2 saturated heterocycles. The van der Waals surface area contributed by atoms with Gasteiger partial charge in [-0.15, -0.1) is 0 Å². The standard InChI is InChI=1S/C20H29N3O2/c1-14-9-15(2)11-17(10-14)20(25)23-8-4-5-16(13-23)19(24)22(3)18-6-7-21-12-18/h9-11,16,18,21H,4-8,12-13H2,1-3H3. The maximum atomic E-state index is 12.9. The van der Waals surface area contributed by atoms with Crippen LogP contribution in [-0.4, -0.2) is 60.9 Å². The van der Waals surface area contributed by atoms with Crippen molar-refractivity contribution in [1.82, 2.24) is 15.1 Å². The van der Waals surface area contributed by atoms with E-state index in [2.05, 4.69) is 11.4 Å². The molecule has 25 heavy (non-hydrogen) atoms. The van der Waals surface area contributed by atoms with Gasteiger partial charge in [0, 0.05) is 38.3 Å². The normalized spacial score (nSPS) is 23.6. The molecule has 0 spiro atoms. The Kier molecular flexibility index (Phi) is 5.42. The number of rotatable bonds is 3. The van der Waals surface area contributed by atoms with Gasteiger partial charge in [0.25, 0.3) is 5.91 Å². The monoisotopic (exact) mass is 343 g/mol. The molecule has 2 fully saturated rings. The summed E-state index contributed by atoms with van der Waals surface area (Å²) in [6.45, 7) is 7.15. The van der Waals surface area contributed by atoms with Gasteiger partial charge in [-0.05, 0) is 51.8 Å². The second-order valence-electron chi connectivity index (χ2n) is 7.56. The number of piperidine rings is 1. The first-order valence-electron chi connectivity index (χ1n) is 9.30. The fourth-order valence-electron chi connectivity index (χ4n) is 4.08. The Morgan fingerprint density at radius 2 is 1.88 bits per heavy atom. The SMILES string of the molecule is Cc1cc(C)cc(C(=O)N2CCCC(C(=O)N(C)C3CCNC3)C2)c1. The fraction of sp³-hybridized carbons (Fsp3) is 0.600. The zero-order chi connectivity index (χ0) is 18.0. The van der Waals surface area contributed by atoms with Crippen LogP contribution in [0.3, 0.4) is 0 Å². The molecular weight excluding hydrogens is 314 g/mol. The average Bonchev–Trinajstić information content (AvgIpc) is 3.13. The number of likely N-dealkylation sites (tertiary alicyclic amines) is 1. The number of likely N-dealkylation sites (N-methyl/N-ethyl adjacent to an activating group) is 1. The predicted molar refractivity (Wildman–Crippen MR) is 98.6 cm³/mol. The molecule has 0 saturated carbocycles. The van der Waals surface area contributed by atoms with Crippen molar-refractivity contribution < 1.29 is 9.59 Å². The van der Waals surface area contributed by atoms with E-state index in [1.165, 1.54) is 0 Å². The van der Waals surface area contributed by atoms with E-state index in [1.54, 1.807) is 0 Å². The van der Waals surface area contributed by atoms with Crippen LogP contribution in [0.15, 0.2) is 18.2 Å². The van der Waals surface area contributed by atoms with Crippen LogP contribution >= 0.6 is 0 Å². The minimum atomic E-state index is -0.0748. The van der Waals surface area contributed by atoms with E-state index in [0.29, 0.717) is 6.54 Å². The summed E-state index contributed by atoms with van der Waals surface area (Å²) >= 11 is 0. The summed E-state index contributed by atoms with van der Waals surface area (Å²) in [7, 11) is 1.91. The number of hydrogen-bond donors (Lipinski definition) is 1. The second kappa shape index (κ2) is 7.56. The van der Waals surface area contributed by atoms with Crippen LogP contribution in [0.5, 0.6) is 0 Å². The lowest BCUT2D eigenvalue weighted by atomic mass is 9.95. The number of benzene rings is 1. The Labute approximate surface area is 150 Å². The third-order valence-electron chi connectivity index (χ3n) is 5.46. The number of nitrogens with one attached hydrogen (secondary N) is 1. The number of carbonyl (C=O) groups is 2. The molecule has 2 aliphatic heterocycles. The van der Waals surface area contributed by atoms with Gasteiger partial charge in [0.15, 0.2) is 0 Å². The lowest BCUT2D eigenvalue weighted by Gasteiger charge is -2.35. The highest BCUT2D eigenvalue weighted by atomic mass is 16.2. The van der Waals surface area contributed by atoms with E-state index < -0.39 is 0 Å². The largest absolute Gasteiger partial charge is 0.341 e. The molecule has 2 unspecified atom stereocenters. The highest BCUT2D eigenvalue weighted by Crippen LogP contribution is 2.22. The summed E-state index contributed by atoms with van der Waals surface area (Å²) in [6, 6.07) is 6.25. The summed E-state index contributed by atoms with van der Waals surface area (Å²) in [5, 5.41) is 3.31. The minimum absolute atomic E-state index is 0.0505. The summed E-state index contributed by atoms with van der Waals surface area (Å²) < 4.78 is 0. The second-order valence-corrected chi connectivity index (χ2v) is 7.56. The van der Waals surface area contributed by atoms with Crippen LogP contribution in [0.4, 0.5) is 0 Å². The van der Waals surface area contributed by atoms with E-state index in [9.17, 15) is 9.59 Å². The number of nitrogens with zero attached hydrogens (tertiary/aromatic N) is 2. The van der Waals surface area contributed by atoms with Gasteiger partial charge in [-0.1, -0.05) is 17.2 Å². The quantitative estimate of drug-likeness (QED) is 0.913. The molecule has 2 atom stereocenters. The summed E-state index contributed by atoms with van der Waals surface area (Å²) in [6.07, 6.45) is 2.78. The van der Waals surface area contributed by atoms with Gasteiger partial charge in [-0.3, -0.25) is 9.59 Å².